The van der Waals surface area contributed by atoms with Gasteiger partial charge in [0.15, 0.2) is 0 Å². The topological polar surface area (TPSA) is 9.23 Å². The van der Waals surface area contributed by atoms with Crippen LogP contribution in [0.25, 0.3) is 0 Å². The van der Waals surface area contributed by atoms with E-state index in [0.29, 0.717) is 0 Å². The molecular formula is C17H27O. The van der Waals surface area contributed by atoms with E-state index in [2.05, 4.69) is 66.9 Å². The van der Waals surface area contributed by atoms with Gasteiger partial charge in [0.05, 0.1) is 0 Å². The van der Waals surface area contributed by atoms with Crippen molar-refractivity contribution in [2.75, 3.05) is 0 Å². The van der Waals surface area contributed by atoms with Gasteiger partial charge in [0, 0.05) is 0 Å². The Bertz CT molecular complexity index is 402. The molecule has 1 heteroatoms. The Morgan fingerprint density at radius 3 is 2.00 bits per heavy atom. The summed E-state index contributed by atoms with van der Waals surface area (Å²) in [5, 5.41) is 0. The Hall–Kier alpha value is -0.980. The molecule has 0 saturated carbocycles. The second kappa shape index (κ2) is 5.34. The zero-order chi connectivity index (χ0) is 14.0. The molecule has 0 aliphatic carbocycles. The van der Waals surface area contributed by atoms with Gasteiger partial charge in [-0.05, 0) is 40.9 Å². The Morgan fingerprint density at radius 1 is 1.00 bits per heavy atom. The third kappa shape index (κ3) is 2.88. The molecular weight excluding hydrogens is 220 g/mol. The summed E-state index contributed by atoms with van der Waals surface area (Å²) in [4.78, 5) is 0. The molecule has 1 rings (SSSR count). The lowest BCUT2D eigenvalue weighted by molar-refractivity contribution is 0.425. The second-order valence-electron chi connectivity index (χ2n) is 6.33. The molecule has 0 aliphatic rings. The molecule has 0 amide bonds. The quantitative estimate of drug-likeness (QED) is 0.692. The predicted molar refractivity (Wildman–Crippen MR) is 79.1 cm³/mol. The summed E-state index contributed by atoms with van der Waals surface area (Å²) in [7, 11) is 3.61. The van der Waals surface area contributed by atoms with E-state index in [4.69, 9.17) is 4.74 Å². The largest absolute Gasteiger partial charge is 0.490 e. The van der Waals surface area contributed by atoms with Crippen molar-refractivity contribution in [2.45, 2.75) is 65.2 Å². The van der Waals surface area contributed by atoms with Crippen LogP contribution >= 0.6 is 0 Å². The van der Waals surface area contributed by atoms with E-state index in [9.17, 15) is 0 Å². The highest BCUT2D eigenvalue weighted by atomic mass is 16.5. The highest BCUT2D eigenvalue weighted by molar-refractivity contribution is 5.44. The SMILES string of the molecule is [CH2]Oc1cc(C(C)(C)CC)ccc1C(C)(C)CC. The van der Waals surface area contributed by atoms with Gasteiger partial charge in [0.2, 0.25) is 0 Å². The summed E-state index contributed by atoms with van der Waals surface area (Å²) in [6.07, 6.45) is 2.19. The van der Waals surface area contributed by atoms with Crippen molar-refractivity contribution in [2.24, 2.45) is 0 Å². The van der Waals surface area contributed by atoms with Gasteiger partial charge in [-0.2, -0.15) is 0 Å². The van der Waals surface area contributed by atoms with E-state index < -0.39 is 0 Å². The number of hydrogen-bond acceptors (Lipinski definition) is 1. The third-order valence-electron chi connectivity index (χ3n) is 4.42. The van der Waals surface area contributed by atoms with Gasteiger partial charge in [0.1, 0.15) is 12.9 Å². The minimum Gasteiger partial charge on any atom is -0.490 e. The van der Waals surface area contributed by atoms with Crippen LogP contribution < -0.4 is 4.74 Å². The maximum absolute atomic E-state index is 5.36. The third-order valence-corrected chi connectivity index (χ3v) is 4.42. The van der Waals surface area contributed by atoms with Crippen LogP contribution in [0.4, 0.5) is 0 Å². The number of rotatable bonds is 5. The highest BCUT2D eigenvalue weighted by Gasteiger charge is 2.25. The summed E-state index contributed by atoms with van der Waals surface area (Å²) in [6.45, 7) is 13.4. The number of hydrogen-bond donors (Lipinski definition) is 0. The summed E-state index contributed by atoms with van der Waals surface area (Å²) >= 11 is 0. The van der Waals surface area contributed by atoms with E-state index >= 15 is 0 Å². The minimum absolute atomic E-state index is 0.127. The van der Waals surface area contributed by atoms with E-state index in [1.54, 1.807) is 0 Å². The van der Waals surface area contributed by atoms with Crippen molar-refractivity contribution in [1.29, 1.82) is 0 Å². The Balaban J connectivity index is 3.28. The summed E-state index contributed by atoms with van der Waals surface area (Å²) < 4.78 is 5.36. The first-order valence-electron chi connectivity index (χ1n) is 6.85. The molecule has 0 fully saturated rings. The van der Waals surface area contributed by atoms with Gasteiger partial charge in [-0.25, -0.2) is 0 Å². The average Bonchev–Trinajstić information content (AvgIpc) is 2.37. The monoisotopic (exact) mass is 247 g/mol. The predicted octanol–water partition coefficient (Wildman–Crippen LogP) is 5.23. The maximum Gasteiger partial charge on any atom is 0.123 e. The molecule has 0 heterocycles. The highest BCUT2D eigenvalue weighted by Crippen LogP contribution is 2.38. The average molecular weight is 247 g/mol. The lowest BCUT2D eigenvalue weighted by Gasteiger charge is -2.29. The standard InChI is InChI=1S/C17H27O/c1-8-16(3,4)13-10-11-14(15(12-13)18-7)17(5,6)9-2/h10-12H,7-9H2,1-6H3. The molecule has 1 aromatic carbocycles. The van der Waals surface area contributed by atoms with Gasteiger partial charge < -0.3 is 4.74 Å². The molecule has 1 aromatic rings. The van der Waals surface area contributed by atoms with Crippen LogP contribution in [-0.4, -0.2) is 0 Å². The summed E-state index contributed by atoms with van der Waals surface area (Å²) in [5.41, 5.74) is 2.87. The fourth-order valence-corrected chi connectivity index (χ4v) is 2.02. The van der Waals surface area contributed by atoms with Crippen LogP contribution in [0.3, 0.4) is 0 Å². The first-order chi connectivity index (χ1) is 8.28. The molecule has 0 atom stereocenters. The molecule has 0 bridgehead atoms. The maximum atomic E-state index is 5.36. The molecule has 0 aliphatic heterocycles. The van der Waals surface area contributed by atoms with Gasteiger partial charge in [0.25, 0.3) is 0 Å². The van der Waals surface area contributed by atoms with Crippen molar-refractivity contribution >= 4 is 0 Å². The lowest BCUT2D eigenvalue weighted by atomic mass is 9.77. The van der Waals surface area contributed by atoms with Gasteiger partial charge in [-0.1, -0.05) is 53.7 Å². The normalized spacial score (nSPS) is 12.6. The summed E-state index contributed by atoms with van der Waals surface area (Å²) in [5.74, 6) is 0.917. The fourth-order valence-electron chi connectivity index (χ4n) is 2.02. The Morgan fingerprint density at radius 2 is 1.56 bits per heavy atom. The molecule has 0 aromatic heterocycles. The molecule has 0 saturated heterocycles. The number of benzene rings is 1. The van der Waals surface area contributed by atoms with Crippen molar-refractivity contribution in [3.63, 3.8) is 0 Å². The minimum atomic E-state index is 0.127. The molecule has 0 spiro atoms. The zero-order valence-corrected chi connectivity index (χ0v) is 12.8. The van der Waals surface area contributed by atoms with Gasteiger partial charge in [-0.3, -0.25) is 0 Å². The molecule has 1 radical (unpaired) electrons. The number of ether oxygens (including phenoxy) is 1. The van der Waals surface area contributed by atoms with E-state index in [0.717, 1.165) is 18.6 Å². The Kier molecular flexibility index (Phi) is 4.47. The van der Waals surface area contributed by atoms with Crippen molar-refractivity contribution in [3.05, 3.63) is 36.4 Å². The fraction of sp³-hybridized carbons (Fsp3) is 0.588. The molecule has 0 N–H and O–H groups in total. The van der Waals surface area contributed by atoms with Crippen LogP contribution in [0.2, 0.25) is 0 Å². The van der Waals surface area contributed by atoms with Crippen molar-refractivity contribution < 1.29 is 4.74 Å². The zero-order valence-electron chi connectivity index (χ0n) is 12.8. The van der Waals surface area contributed by atoms with Crippen molar-refractivity contribution in [1.82, 2.24) is 0 Å². The van der Waals surface area contributed by atoms with Crippen LogP contribution in [0.15, 0.2) is 18.2 Å². The first kappa shape index (κ1) is 15.1. The smallest absolute Gasteiger partial charge is 0.123 e. The van der Waals surface area contributed by atoms with Gasteiger partial charge >= 0.3 is 0 Å². The Labute approximate surface area is 113 Å². The van der Waals surface area contributed by atoms with Gasteiger partial charge in [-0.15, -0.1) is 0 Å². The van der Waals surface area contributed by atoms with Crippen molar-refractivity contribution in [3.8, 4) is 5.75 Å². The van der Waals surface area contributed by atoms with Crippen LogP contribution in [0.1, 0.15) is 65.5 Å². The molecule has 18 heavy (non-hydrogen) atoms. The second-order valence-corrected chi connectivity index (χ2v) is 6.33. The first-order valence-corrected chi connectivity index (χ1v) is 6.85. The van der Waals surface area contributed by atoms with Crippen LogP contribution in [-0.2, 0) is 10.8 Å². The van der Waals surface area contributed by atoms with Crippen LogP contribution in [0, 0.1) is 7.11 Å². The lowest BCUT2D eigenvalue weighted by Crippen LogP contribution is -2.19. The van der Waals surface area contributed by atoms with E-state index in [-0.39, 0.29) is 10.8 Å². The van der Waals surface area contributed by atoms with E-state index in [1.807, 2.05) is 0 Å². The van der Waals surface area contributed by atoms with E-state index in [1.165, 1.54) is 11.1 Å². The van der Waals surface area contributed by atoms with Crippen LogP contribution in [0.5, 0.6) is 5.75 Å². The summed E-state index contributed by atoms with van der Waals surface area (Å²) in [6, 6.07) is 6.60. The molecule has 0 unspecified atom stereocenters. The molecule has 101 valence electrons. The molecule has 1 nitrogen and oxygen atoms in total.